The van der Waals surface area contributed by atoms with Crippen LogP contribution in [0.4, 0.5) is 70.2 Å². The SMILES string of the molecule is N#CCCC(F)(F)C(F)(F)C(F)(F)C(F)(F)C(F)(F)C(F)(F)C(F)(F)C(F)(F)Cl. The molecule has 0 N–H and O–H groups in total. The molecule has 0 bridgehead atoms. The van der Waals surface area contributed by atoms with Crippen molar-refractivity contribution in [2.75, 3.05) is 0 Å². The molecule has 0 saturated carbocycles. The summed E-state index contributed by atoms with van der Waals surface area (Å²) in [6, 6.07) is 0.666. The monoisotopic (exact) mass is 489 g/mol. The minimum Gasteiger partial charge on any atom is -0.200 e. The number of rotatable bonds is 9. The van der Waals surface area contributed by atoms with E-state index in [-0.39, 0.29) is 0 Å². The first-order valence-electron chi connectivity index (χ1n) is 6.39. The summed E-state index contributed by atoms with van der Waals surface area (Å²) in [7, 11) is 0. The van der Waals surface area contributed by atoms with E-state index < -0.39 is 59.7 Å². The van der Waals surface area contributed by atoms with Crippen LogP contribution in [-0.4, -0.2) is 46.8 Å². The molecule has 172 valence electrons. The molecular weight excluding hydrogens is 486 g/mol. The zero-order valence-electron chi connectivity index (χ0n) is 12.8. The first-order valence-corrected chi connectivity index (χ1v) is 6.77. The Bertz CT molecular complexity index is 642. The Balaban J connectivity index is 6.62. The third-order valence-corrected chi connectivity index (χ3v) is 3.58. The van der Waals surface area contributed by atoms with E-state index in [0.29, 0.717) is 6.07 Å². The fourth-order valence-corrected chi connectivity index (χ4v) is 1.68. The van der Waals surface area contributed by atoms with Gasteiger partial charge in [-0.25, -0.2) is 0 Å². The summed E-state index contributed by atoms with van der Waals surface area (Å²) in [5.74, 6) is -55.2. The summed E-state index contributed by atoms with van der Waals surface area (Å²) in [4.78, 5) is 0. The van der Waals surface area contributed by atoms with Gasteiger partial charge in [-0.2, -0.15) is 75.5 Å². The van der Waals surface area contributed by atoms with Gasteiger partial charge in [0.05, 0.1) is 6.07 Å². The number of nitrogens with zero attached hydrogens (tertiary/aromatic N) is 1. The number of hydrogen-bond donors (Lipinski definition) is 0. The first kappa shape index (κ1) is 27.7. The molecule has 29 heavy (non-hydrogen) atoms. The van der Waals surface area contributed by atoms with E-state index in [1.54, 1.807) is 0 Å². The third-order valence-electron chi connectivity index (χ3n) is 3.34. The molecule has 0 unspecified atom stereocenters. The topological polar surface area (TPSA) is 23.8 Å². The zero-order valence-corrected chi connectivity index (χ0v) is 13.5. The second kappa shape index (κ2) is 7.12. The largest absolute Gasteiger partial charge is 0.393 e. The van der Waals surface area contributed by atoms with Gasteiger partial charge >= 0.3 is 46.8 Å². The predicted molar refractivity (Wildman–Crippen MR) is 60.3 cm³/mol. The van der Waals surface area contributed by atoms with Crippen LogP contribution in [0.3, 0.4) is 0 Å². The van der Waals surface area contributed by atoms with Gasteiger partial charge in [-0.1, -0.05) is 0 Å². The number of nitriles is 1. The van der Waals surface area contributed by atoms with Crippen molar-refractivity contribution < 1.29 is 70.2 Å². The molecule has 0 heterocycles. The van der Waals surface area contributed by atoms with E-state index >= 15 is 0 Å². The number of hydrogen-bond acceptors (Lipinski definition) is 1. The average molecular weight is 490 g/mol. The van der Waals surface area contributed by atoms with Crippen molar-refractivity contribution in [2.45, 2.75) is 59.7 Å². The zero-order chi connectivity index (χ0) is 24.1. The van der Waals surface area contributed by atoms with Gasteiger partial charge in [-0.3, -0.25) is 0 Å². The van der Waals surface area contributed by atoms with E-state index in [1.807, 2.05) is 0 Å². The maximum Gasteiger partial charge on any atom is 0.393 e. The van der Waals surface area contributed by atoms with E-state index in [9.17, 15) is 70.2 Å². The lowest BCUT2D eigenvalue weighted by Crippen LogP contribution is -2.74. The summed E-state index contributed by atoms with van der Waals surface area (Å²) in [6.07, 6.45) is -4.44. The van der Waals surface area contributed by atoms with Gasteiger partial charge < -0.3 is 0 Å². The molecule has 0 aliphatic carbocycles. The van der Waals surface area contributed by atoms with Gasteiger partial charge in [0.2, 0.25) is 0 Å². The second-order valence-electron chi connectivity index (χ2n) is 5.31. The van der Waals surface area contributed by atoms with Crippen molar-refractivity contribution in [2.24, 2.45) is 0 Å². The van der Waals surface area contributed by atoms with Crippen molar-refractivity contribution >= 4 is 11.6 Å². The highest BCUT2D eigenvalue weighted by atomic mass is 35.5. The van der Waals surface area contributed by atoms with Crippen LogP contribution in [0, 0.1) is 11.3 Å². The molecule has 0 saturated heterocycles. The van der Waals surface area contributed by atoms with Crippen molar-refractivity contribution in [3.05, 3.63) is 0 Å². The minimum absolute atomic E-state index is 0.666. The Morgan fingerprint density at radius 2 is 0.793 bits per heavy atom. The molecule has 18 heteroatoms. The first-order chi connectivity index (χ1) is 12.3. The van der Waals surface area contributed by atoms with Crippen LogP contribution in [0.1, 0.15) is 12.8 Å². The van der Waals surface area contributed by atoms with Crippen molar-refractivity contribution in [1.82, 2.24) is 0 Å². The minimum atomic E-state index is -8.47. The summed E-state index contributed by atoms with van der Waals surface area (Å²) >= 11 is 3.37. The van der Waals surface area contributed by atoms with Gasteiger partial charge in [0.25, 0.3) is 0 Å². The fourth-order valence-electron chi connectivity index (χ4n) is 1.57. The van der Waals surface area contributed by atoms with Gasteiger partial charge in [0, 0.05) is 12.8 Å². The smallest absolute Gasteiger partial charge is 0.200 e. The normalized spacial score (nSPS) is 16.0. The maximum atomic E-state index is 13.3. The van der Waals surface area contributed by atoms with Crippen LogP contribution in [0.15, 0.2) is 0 Å². The number of halogens is 17. The second-order valence-corrected chi connectivity index (χ2v) is 5.78. The van der Waals surface area contributed by atoms with Crippen LogP contribution >= 0.6 is 11.6 Å². The summed E-state index contributed by atoms with van der Waals surface area (Å²) in [6.45, 7) is 0. The van der Waals surface area contributed by atoms with Gasteiger partial charge in [-0.15, -0.1) is 0 Å². The lowest BCUT2D eigenvalue weighted by atomic mass is 9.88. The van der Waals surface area contributed by atoms with E-state index in [1.165, 1.54) is 0 Å². The molecule has 0 aliphatic heterocycles. The summed E-state index contributed by atoms with van der Waals surface area (Å²) in [5, 5.41) is 1.11. The Morgan fingerprint density at radius 1 is 0.517 bits per heavy atom. The van der Waals surface area contributed by atoms with Gasteiger partial charge in [0.1, 0.15) is 0 Å². The molecule has 0 atom stereocenters. The quantitative estimate of drug-likeness (QED) is 0.266. The van der Waals surface area contributed by atoms with E-state index in [2.05, 4.69) is 11.6 Å². The Labute approximate surface area is 154 Å². The van der Waals surface area contributed by atoms with Crippen LogP contribution < -0.4 is 0 Å². The van der Waals surface area contributed by atoms with Gasteiger partial charge in [0.15, 0.2) is 0 Å². The molecule has 0 spiro atoms. The van der Waals surface area contributed by atoms with Crippen LogP contribution in [0.2, 0.25) is 0 Å². The van der Waals surface area contributed by atoms with Gasteiger partial charge in [-0.05, 0) is 11.6 Å². The Hall–Kier alpha value is -1.34. The third kappa shape index (κ3) is 3.65. The van der Waals surface area contributed by atoms with Crippen LogP contribution in [0.25, 0.3) is 0 Å². The highest BCUT2D eigenvalue weighted by Gasteiger charge is 2.94. The van der Waals surface area contributed by atoms with E-state index in [4.69, 9.17) is 5.26 Å². The van der Waals surface area contributed by atoms with Crippen molar-refractivity contribution in [1.29, 1.82) is 5.26 Å². The summed E-state index contributed by atoms with van der Waals surface area (Å²) < 4.78 is 208. The molecule has 1 nitrogen and oxygen atoms in total. The predicted octanol–water partition coefficient (Wildman–Crippen LogP) is 6.57. The molecule has 0 fully saturated rings. The highest BCUT2D eigenvalue weighted by molar-refractivity contribution is 6.22. The number of alkyl halides is 17. The molecule has 0 aliphatic rings. The molecule has 0 aromatic carbocycles. The van der Waals surface area contributed by atoms with Crippen molar-refractivity contribution in [3.8, 4) is 6.07 Å². The summed E-state index contributed by atoms with van der Waals surface area (Å²) in [5.41, 5.74) is 0. The highest BCUT2D eigenvalue weighted by Crippen LogP contribution is 2.64. The van der Waals surface area contributed by atoms with Crippen LogP contribution in [0.5, 0.6) is 0 Å². The molecule has 0 amide bonds. The lowest BCUT2D eigenvalue weighted by molar-refractivity contribution is -0.449. The molecule has 0 aromatic heterocycles. The lowest BCUT2D eigenvalue weighted by Gasteiger charge is -2.43. The van der Waals surface area contributed by atoms with Crippen LogP contribution in [-0.2, 0) is 0 Å². The van der Waals surface area contributed by atoms with E-state index in [0.717, 1.165) is 0 Å². The fraction of sp³-hybridized carbons (Fsp3) is 0.909. The maximum absolute atomic E-state index is 13.3. The molecular formula is C11H4ClF16N. The van der Waals surface area contributed by atoms with Crippen molar-refractivity contribution in [3.63, 3.8) is 0 Å². The molecule has 0 rings (SSSR count). The molecule has 0 aromatic rings. The standard InChI is InChI=1S/C11H4ClF16N/c12-11(27,28)10(25,26)9(23,24)8(21,22)7(19,20)6(17,18)5(15,16)4(13,14)2-1-3-29/h1-2H2. The Morgan fingerprint density at radius 3 is 1.07 bits per heavy atom. The Kier molecular flexibility index (Phi) is 6.79. The molecule has 0 radical (unpaired) electrons. The average Bonchev–Trinajstić information content (AvgIpc) is 2.50.